The fraction of sp³-hybridized carbons (Fsp3) is 0.353. The zero-order chi connectivity index (χ0) is 17.0. The molecule has 0 saturated carbocycles. The molecule has 1 heterocycles. The van der Waals surface area contributed by atoms with Crippen molar-refractivity contribution in [3.8, 4) is 5.75 Å². The smallest absolute Gasteiger partial charge is 0.321 e. The Morgan fingerprint density at radius 1 is 1.17 bits per heavy atom. The number of urea groups is 1. The second-order valence-corrected chi connectivity index (χ2v) is 6.28. The van der Waals surface area contributed by atoms with Gasteiger partial charge in [-0.15, -0.1) is 0 Å². The van der Waals surface area contributed by atoms with Crippen LogP contribution in [0, 0.1) is 0 Å². The normalized spacial score (nSPS) is 12.5. The lowest BCUT2D eigenvalue weighted by Crippen LogP contribution is -2.50. The molecule has 6 nitrogen and oxygen atoms in total. The summed E-state index contributed by atoms with van der Waals surface area (Å²) in [7, 11) is 0. The van der Waals surface area contributed by atoms with Crippen LogP contribution in [-0.2, 0) is 4.79 Å². The average molecular weight is 315 g/mol. The first kappa shape index (κ1) is 16.7. The van der Waals surface area contributed by atoms with E-state index in [-0.39, 0.29) is 0 Å². The molecule has 122 valence electrons. The lowest BCUT2D eigenvalue weighted by Gasteiger charge is -2.21. The van der Waals surface area contributed by atoms with Crippen molar-refractivity contribution in [2.75, 3.05) is 0 Å². The van der Waals surface area contributed by atoms with Gasteiger partial charge in [-0.2, -0.15) is 0 Å². The molecule has 2 N–H and O–H groups in total. The molecule has 0 radical (unpaired) electrons. The Morgan fingerprint density at radius 3 is 2.57 bits per heavy atom. The zero-order valence-corrected chi connectivity index (χ0v) is 13.7. The fourth-order valence-electron chi connectivity index (χ4n) is 2.00. The number of fused-ring (bicyclic) bond motifs is 1. The van der Waals surface area contributed by atoms with Crippen LogP contribution in [0.15, 0.2) is 36.5 Å². The number of benzene rings is 1. The highest BCUT2D eigenvalue weighted by molar-refractivity contribution is 5.97. The third-order valence-electron chi connectivity index (χ3n) is 2.99. The maximum absolute atomic E-state index is 12.1. The van der Waals surface area contributed by atoms with Gasteiger partial charge in [0.15, 0.2) is 6.10 Å². The summed E-state index contributed by atoms with van der Waals surface area (Å²) in [5, 5.41) is 5.85. The van der Waals surface area contributed by atoms with Crippen molar-refractivity contribution in [1.29, 1.82) is 0 Å². The van der Waals surface area contributed by atoms with Gasteiger partial charge in [0, 0.05) is 17.1 Å². The second kappa shape index (κ2) is 6.64. The number of hydrogen-bond acceptors (Lipinski definition) is 4. The van der Waals surface area contributed by atoms with E-state index in [0.29, 0.717) is 11.3 Å². The van der Waals surface area contributed by atoms with Gasteiger partial charge in [-0.1, -0.05) is 18.2 Å². The Balaban J connectivity index is 2.04. The lowest BCUT2D eigenvalue weighted by molar-refractivity contribution is -0.126. The molecule has 1 atom stereocenters. The van der Waals surface area contributed by atoms with E-state index in [9.17, 15) is 9.59 Å². The molecule has 1 aromatic carbocycles. The molecule has 0 aliphatic heterocycles. The first-order chi connectivity index (χ1) is 10.8. The summed E-state index contributed by atoms with van der Waals surface area (Å²) in [4.78, 5) is 28.1. The van der Waals surface area contributed by atoms with E-state index in [1.54, 1.807) is 19.2 Å². The van der Waals surface area contributed by atoms with Crippen LogP contribution in [0.4, 0.5) is 4.79 Å². The van der Waals surface area contributed by atoms with Gasteiger partial charge in [0.05, 0.1) is 0 Å². The Morgan fingerprint density at radius 2 is 1.87 bits per heavy atom. The molecule has 0 unspecified atom stereocenters. The minimum atomic E-state index is -0.826. The topological polar surface area (TPSA) is 80.3 Å². The molecule has 0 saturated heterocycles. The number of nitrogens with zero attached hydrogens (tertiary/aromatic N) is 1. The molecule has 0 aliphatic rings. The highest BCUT2D eigenvalue weighted by Gasteiger charge is 2.21. The van der Waals surface area contributed by atoms with Crippen molar-refractivity contribution < 1.29 is 14.3 Å². The molecule has 23 heavy (non-hydrogen) atoms. The summed E-state index contributed by atoms with van der Waals surface area (Å²) >= 11 is 0. The predicted octanol–water partition coefficient (Wildman–Crippen LogP) is 2.63. The predicted molar refractivity (Wildman–Crippen MR) is 88.3 cm³/mol. The van der Waals surface area contributed by atoms with Gasteiger partial charge in [-0.25, -0.2) is 4.79 Å². The van der Waals surface area contributed by atoms with E-state index in [2.05, 4.69) is 15.6 Å². The van der Waals surface area contributed by atoms with Crippen LogP contribution in [-0.4, -0.2) is 28.6 Å². The average Bonchev–Trinajstić information content (AvgIpc) is 2.45. The number of para-hydroxylation sites is 1. The number of rotatable bonds is 3. The van der Waals surface area contributed by atoms with Gasteiger partial charge in [-0.05, 0) is 39.8 Å². The van der Waals surface area contributed by atoms with Crippen LogP contribution >= 0.6 is 0 Å². The van der Waals surface area contributed by atoms with E-state index >= 15 is 0 Å². The third-order valence-corrected chi connectivity index (χ3v) is 2.99. The minimum Gasteiger partial charge on any atom is -0.479 e. The minimum absolute atomic E-state index is 0.423. The van der Waals surface area contributed by atoms with Gasteiger partial charge in [0.1, 0.15) is 11.3 Å². The van der Waals surface area contributed by atoms with E-state index in [4.69, 9.17) is 4.74 Å². The first-order valence-electron chi connectivity index (χ1n) is 7.40. The molecule has 0 aliphatic carbocycles. The maximum atomic E-state index is 12.1. The highest BCUT2D eigenvalue weighted by atomic mass is 16.5. The van der Waals surface area contributed by atoms with Gasteiger partial charge in [-0.3, -0.25) is 15.1 Å². The summed E-state index contributed by atoms with van der Waals surface area (Å²) in [6.45, 7) is 7.08. The number of nitrogens with one attached hydrogen (secondary N) is 2. The van der Waals surface area contributed by atoms with Gasteiger partial charge < -0.3 is 10.1 Å². The number of pyridine rings is 1. The fourth-order valence-corrected chi connectivity index (χ4v) is 2.00. The van der Waals surface area contributed by atoms with Crippen molar-refractivity contribution in [1.82, 2.24) is 15.6 Å². The maximum Gasteiger partial charge on any atom is 0.321 e. The van der Waals surface area contributed by atoms with Crippen LogP contribution in [0.25, 0.3) is 10.9 Å². The SMILES string of the molecule is C[C@H](Oc1cccc2cccnc12)C(=O)NC(=O)NC(C)(C)C. The molecule has 1 aromatic heterocycles. The number of carbonyl (C=O) groups is 2. The van der Waals surface area contributed by atoms with E-state index in [0.717, 1.165) is 5.39 Å². The molecule has 6 heteroatoms. The molecule has 3 amide bonds. The molecular weight excluding hydrogens is 294 g/mol. The van der Waals surface area contributed by atoms with Crippen LogP contribution in [0.1, 0.15) is 27.7 Å². The van der Waals surface area contributed by atoms with E-state index in [1.807, 2.05) is 45.0 Å². The van der Waals surface area contributed by atoms with Crippen LogP contribution < -0.4 is 15.4 Å². The molecule has 0 fully saturated rings. The van der Waals surface area contributed by atoms with Crippen LogP contribution in [0.3, 0.4) is 0 Å². The van der Waals surface area contributed by atoms with Crippen molar-refractivity contribution in [3.05, 3.63) is 36.5 Å². The number of hydrogen-bond donors (Lipinski definition) is 2. The van der Waals surface area contributed by atoms with Crippen molar-refractivity contribution in [3.63, 3.8) is 0 Å². The van der Waals surface area contributed by atoms with Gasteiger partial charge in [0.2, 0.25) is 0 Å². The van der Waals surface area contributed by atoms with E-state index in [1.165, 1.54) is 0 Å². The monoisotopic (exact) mass is 315 g/mol. The molecular formula is C17H21N3O3. The van der Waals surface area contributed by atoms with Gasteiger partial charge in [0.25, 0.3) is 5.91 Å². The Bertz CT molecular complexity index is 717. The molecule has 0 spiro atoms. The second-order valence-electron chi connectivity index (χ2n) is 6.28. The molecule has 2 rings (SSSR count). The van der Waals surface area contributed by atoms with Crippen molar-refractivity contribution in [2.24, 2.45) is 0 Å². The van der Waals surface area contributed by atoms with Gasteiger partial charge >= 0.3 is 6.03 Å². The van der Waals surface area contributed by atoms with Crippen molar-refractivity contribution in [2.45, 2.75) is 39.3 Å². The highest BCUT2D eigenvalue weighted by Crippen LogP contribution is 2.23. The van der Waals surface area contributed by atoms with Crippen LogP contribution in [0.2, 0.25) is 0 Å². The number of amides is 3. The van der Waals surface area contributed by atoms with Crippen LogP contribution in [0.5, 0.6) is 5.75 Å². The van der Waals surface area contributed by atoms with E-state index < -0.39 is 23.6 Å². The number of ether oxygens (including phenoxy) is 1. The Hall–Kier alpha value is -2.63. The largest absolute Gasteiger partial charge is 0.479 e. The molecule has 0 bridgehead atoms. The lowest BCUT2D eigenvalue weighted by atomic mass is 10.1. The number of imide groups is 1. The molecule has 2 aromatic rings. The number of aromatic nitrogens is 1. The zero-order valence-electron chi connectivity index (χ0n) is 13.7. The first-order valence-corrected chi connectivity index (χ1v) is 7.40. The number of carbonyl (C=O) groups excluding carboxylic acids is 2. The summed E-state index contributed by atoms with van der Waals surface area (Å²) in [5.41, 5.74) is 0.252. The standard InChI is InChI=1S/C17H21N3O3/c1-11(15(21)19-16(22)20-17(2,3)4)23-13-9-5-7-12-8-6-10-18-14(12)13/h5-11H,1-4H3,(H2,19,20,21,22)/t11-/m0/s1. The summed E-state index contributed by atoms with van der Waals surface area (Å²) in [5.74, 6) is -0.0123. The summed E-state index contributed by atoms with van der Waals surface area (Å²) in [6.07, 6.45) is 0.838. The summed E-state index contributed by atoms with van der Waals surface area (Å²) in [6, 6.07) is 8.69. The quantitative estimate of drug-likeness (QED) is 0.912. The Labute approximate surface area is 135 Å². The third kappa shape index (κ3) is 4.67. The van der Waals surface area contributed by atoms with Crippen molar-refractivity contribution >= 4 is 22.8 Å². The Kier molecular flexibility index (Phi) is 4.83. The summed E-state index contributed by atoms with van der Waals surface area (Å²) < 4.78 is 5.67.